The molecule has 6 nitrogen and oxygen atoms in total. The maximum absolute atomic E-state index is 12.5. The van der Waals surface area contributed by atoms with Gasteiger partial charge in [-0.1, -0.05) is 42.3 Å². The first-order valence-corrected chi connectivity index (χ1v) is 10.6. The number of sulfonamides is 1. The molecule has 152 valence electrons. The summed E-state index contributed by atoms with van der Waals surface area (Å²) >= 11 is 0. The van der Waals surface area contributed by atoms with Gasteiger partial charge in [0.2, 0.25) is 10.0 Å². The van der Waals surface area contributed by atoms with Crippen molar-refractivity contribution in [1.82, 2.24) is 10.0 Å². The van der Waals surface area contributed by atoms with Crippen LogP contribution in [0, 0.1) is 12.3 Å². The lowest BCUT2D eigenvalue weighted by atomic mass is 10.2. The van der Waals surface area contributed by atoms with E-state index >= 15 is 0 Å². The van der Waals surface area contributed by atoms with E-state index in [-0.39, 0.29) is 23.5 Å². The highest BCUT2D eigenvalue weighted by molar-refractivity contribution is 7.89. The second-order valence-electron chi connectivity index (χ2n) is 6.30. The molecule has 1 amide bonds. The minimum atomic E-state index is -3.77. The van der Waals surface area contributed by atoms with Gasteiger partial charge in [0.05, 0.1) is 11.4 Å². The zero-order valence-corrected chi connectivity index (χ0v) is 16.9. The van der Waals surface area contributed by atoms with Crippen LogP contribution in [0.3, 0.4) is 0 Å². The Kier molecular flexibility index (Phi) is 6.86. The maximum Gasteiger partial charge on any atom is 0.251 e. The molecule has 0 aliphatic heterocycles. The molecule has 0 heterocycles. The van der Waals surface area contributed by atoms with Crippen molar-refractivity contribution in [1.29, 1.82) is 0 Å². The van der Waals surface area contributed by atoms with Crippen LogP contribution in [0.15, 0.2) is 83.8 Å². The van der Waals surface area contributed by atoms with Crippen LogP contribution < -0.4 is 14.8 Å². The summed E-state index contributed by atoms with van der Waals surface area (Å²) in [5, 5.41) is 2.79. The minimum Gasteiger partial charge on any atom is -0.457 e. The monoisotopic (exact) mass is 420 g/mol. The zero-order chi connectivity index (χ0) is 21.4. The summed E-state index contributed by atoms with van der Waals surface area (Å²) in [6.45, 7) is 0.136. The lowest BCUT2D eigenvalue weighted by Gasteiger charge is -2.10. The Hall–Kier alpha value is -3.60. The van der Waals surface area contributed by atoms with E-state index in [1.807, 2.05) is 54.6 Å². The molecule has 3 rings (SSSR count). The van der Waals surface area contributed by atoms with Crippen LogP contribution in [0.5, 0.6) is 11.5 Å². The Labute approximate surface area is 176 Å². The van der Waals surface area contributed by atoms with Crippen LogP contribution in [0.1, 0.15) is 15.9 Å². The van der Waals surface area contributed by atoms with Gasteiger partial charge in [0.15, 0.2) is 0 Å². The lowest BCUT2D eigenvalue weighted by Crippen LogP contribution is -2.25. The van der Waals surface area contributed by atoms with Gasteiger partial charge in [0.1, 0.15) is 11.5 Å². The van der Waals surface area contributed by atoms with Gasteiger partial charge in [0.25, 0.3) is 5.91 Å². The molecule has 30 heavy (non-hydrogen) atoms. The number of hydrogen-bond acceptors (Lipinski definition) is 4. The predicted molar refractivity (Wildman–Crippen MR) is 115 cm³/mol. The summed E-state index contributed by atoms with van der Waals surface area (Å²) in [6.07, 6.45) is 5.09. The number of carbonyl (C=O) groups is 1. The van der Waals surface area contributed by atoms with Crippen molar-refractivity contribution in [2.24, 2.45) is 0 Å². The van der Waals surface area contributed by atoms with Crippen LogP contribution in [0.4, 0.5) is 0 Å². The first-order chi connectivity index (χ1) is 14.5. The summed E-state index contributed by atoms with van der Waals surface area (Å²) in [4.78, 5) is 12.5. The third-order valence-electron chi connectivity index (χ3n) is 4.10. The van der Waals surface area contributed by atoms with Crippen molar-refractivity contribution in [3.63, 3.8) is 0 Å². The number of terminal acetylenes is 1. The maximum atomic E-state index is 12.5. The molecule has 0 aliphatic carbocycles. The smallest absolute Gasteiger partial charge is 0.251 e. The Balaban J connectivity index is 1.65. The van der Waals surface area contributed by atoms with Crippen molar-refractivity contribution < 1.29 is 17.9 Å². The SMILES string of the molecule is C#CCNS(=O)(=O)c1cccc(C(=O)NCc2cccc(Oc3ccccc3)c2)c1. The van der Waals surface area contributed by atoms with Gasteiger partial charge in [0, 0.05) is 12.1 Å². The number of amides is 1. The highest BCUT2D eigenvalue weighted by atomic mass is 32.2. The predicted octanol–water partition coefficient (Wildman–Crippen LogP) is 3.32. The van der Waals surface area contributed by atoms with Crippen molar-refractivity contribution >= 4 is 15.9 Å². The van der Waals surface area contributed by atoms with Gasteiger partial charge in [-0.3, -0.25) is 4.79 Å². The molecule has 0 spiro atoms. The first-order valence-electron chi connectivity index (χ1n) is 9.11. The molecule has 3 aromatic carbocycles. The number of rotatable bonds is 8. The van der Waals surface area contributed by atoms with Crippen molar-refractivity contribution in [2.45, 2.75) is 11.4 Å². The topological polar surface area (TPSA) is 84.5 Å². The van der Waals surface area contributed by atoms with Gasteiger partial charge in [-0.15, -0.1) is 6.42 Å². The van der Waals surface area contributed by atoms with E-state index in [0.29, 0.717) is 5.75 Å². The van der Waals surface area contributed by atoms with Gasteiger partial charge in [-0.25, -0.2) is 8.42 Å². The highest BCUT2D eigenvalue weighted by Crippen LogP contribution is 2.21. The molecule has 2 N–H and O–H groups in total. The molecule has 0 aromatic heterocycles. The molecular weight excluding hydrogens is 400 g/mol. The number of ether oxygens (including phenoxy) is 1. The lowest BCUT2D eigenvalue weighted by molar-refractivity contribution is 0.0950. The van der Waals surface area contributed by atoms with Crippen molar-refractivity contribution in [3.8, 4) is 23.8 Å². The normalized spacial score (nSPS) is 10.8. The third-order valence-corrected chi connectivity index (χ3v) is 5.50. The number of carbonyl (C=O) groups excluding carboxylic acids is 1. The summed E-state index contributed by atoms with van der Waals surface area (Å²) in [5.74, 6) is 3.19. The molecule has 0 aliphatic rings. The molecule has 0 bridgehead atoms. The highest BCUT2D eigenvalue weighted by Gasteiger charge is 2.15. The Bertz CT molecular complexity index is 1170. The fourth-order valence-corrected chi connectivity index (χ4v) is 3.63. The van der Waals surface area contributed by atoms with Gasteiger partial charge in [-0.05, 0) is 48.0 Å². The standard InChI is InChI=1S/C23H20N2O4S/c1-2-14-25-30(27,28)22-13-7-9-19(16-22)23(26)24-17-18-8-6-12-21(15-18)29-20-10-4-3-5-11-20/h1,3-13,15-16,25H,14,17H2,(H,24,26). The van der Waals surface area contributed by atoms with E-state index in [2.05, 4.69) is 16.0 Å². The van der Waals surface area contributed by atoms with Crippen LogP contribution in [0.2, 0.25) is 0 Å². The van der Waals surface area contributed by atoms with E-state index in [0.717, 1.165) is 11.3 Å². The molecular formula is C23H20N2O4S. The molecule has 0 fully saturated rings. The largest absolute Gasteiger partial charge is 0.457 e. The summed E-state index contributed by atoms with van der Waals surface area (Å²) < 4.78 is 32.4. The number of benzene rings is 3. The Morgan fingerprint density at radius 2 is 1.67 bits per heavy atom. The van der Waals surface area contributed by atoms with Crippen LogP contribution >= 0.6 is 0 Å². The average Bonchev–Trinajstić information content (AvgIpc) is 2.77. The summed E-state index contributed by atoms with van der Waals surface area (Å²) in [6, 6.07) is 22.5. The number of nitrogens with one attached hydrogen (secondary N) is 2. The Morgan fingerprint density at radius 3 is 2.43 bits per heavy atom. The van der Waals surface area contributed by atoms with Gasteiger partial charge in [-0.2, -0.15) is 4.72 Å². The van der Waals surface area contributed by atoms with E-state index in [4.69, 9.17) is 11.2 Å². The number of hydrogen-bond donors (Lipinski definition) is 2. The van der Waals surface area contributed by atoms with Crippen LogP contribution in [-0.2, 0) is 16.6 Å². The third kappa shape index (κ3) is 5.70. The molecule has 0 radical (unpaired) electrons. The molecule has 0 saturated carbocycles. The van der Waals surface area contributed by atoms with E-state index in [1.165, 1.54) is 18.2 Å². The first kappa shape index (κ1) is 21.1. The van der Waals surface area contributed by atoms with Crippen molar-refractivity contribution in [2.75, 3.05) is 6.54 Å². The molecule has 0 saturated heterocycles. The fraction of sp³-hybridized carbons (Fsp3) is 0.0870. The zero-order valence-electron chi connectivity index (χ0n) is 16.0. The quantitative estimate of drug-likeness (QED) is 0.548. The summed E-state index contributed by atoms with van der Waals surface area (Å²) in [7, 11) is -3.77. The molecule has 0 unspecified atom stereocenters. The van der Waals surface area contributed by atoms with Crippen molar-refractivity contribution in [3.05, 3.63) is 90.0 Å². The van der Waals surface area contributed by atoms with E-state index in [1.54, 1.807) is 6.07 Å². The molecule has 7 heteroatoms. The number of para-hydroxylation sites is 1. The van der Waals surface area contributed by atoms with Gasteiger partial charge < -0.3 is 10.1 Å². The van der Waals surface area contributed by atoms with E-state index in [9.17, 15) is 13.2 Å². The summed E-state index contributed by atoms with van der Waals surface area (Å²) in [5.41, 5.74) is 1.08. The fourth-order valence-electron chi connectivity index (χ4n) is 2.65. The average molecular weight is 420 g/mol. The molecule has 3 aromatic rings. The van der Waals surface area contributed by atoms with Crippen LogP contribution in [-0.4, -0.2) is 20.9 Å². The van der Waals surface area contributed by atoms with Crippen LogP contribution in [0.25, 0.3) is 0 Å². The van der Waals surface area contributed by atoms with E-state index < -0.39 is 15.9 Å². The molecule has 0 atom stereocenters. The van der Waals surface area contributed by atoms with Gasteiger partial charge >= 0.3 is 0 Å². The second kappa shape index (κ2) is 9.74. The Morgan fingerprint density at radius 1 is 0.933 bits per heavy atom. The second-order valence-corrected chi connectivity index (χ2v) is 8.07. The minimum absolute atomic E-state index is 0.0244.